The molecule has 0 radical (unpaired) electrons. The number of anilines is 2. The minimum absolute atomic E-state index is 0.358. The quantitative estimate of drug-likeness (QED) is 0.330. The molecule has 0 saturated carbocycles. The van der Waals surface area contributed by atoms with Crippen LogP contribution in [0.25, 0.3) is 0 Å². The maximum atomic E-state index is 12.5. The summed E-state index contributed by atoms with van der Waals surface area (Å²) in [6.45, 7) is 4.54. The first kappa shape index (κ1) is 29.6. The van der Waals surface area contributed by atoms with Crippen molar-refractivity contribution in [1.82, 2.24) is 18.6 Å². The van der Waals surface area contributed by atoms with Crippen LogP contribution in [0.4, 0.5) is 11.6 Å². The molecule has 42 heavy (non-hydrogen) atoms. The van der Waals surface area contributed by atoms with Crippen molar-refractivity contribution in [3.63, 3.8) is 0 Å². The Hall–Kier alpha value is -3.84. The molecule has 6 rings (SSSR count). The highest BCUT2D eigenvalue weighted by Gasteiger charge is 2.29. The Balaban J connectivity index is 0.000000168. The van der Waals surface area contributed by atoms with Gasteiger partial charge in [0.2, 0.25) is 20.0 Å². The predicted molar refractivity (Wildman–Crippen MR) is 163 cm³/mol. The molecular weight excluding hydrogens is 573 g/mol. The van der Waals surface area contributed by atoms with E-state index in [-0.39, 0.29) is 0 Å². The maximum Gasteiger partial charge on any atom is 0.243 e. The first-order chi connectivity index (χ1) is 20.4. The Morgan fingerprint density at radius 1 is 0.429 bits per heavy atom. The van der Waals surface area contributed by atoms with Crippen molar-refractivity contribution < 1.29 is 16.8 Å². The van der Waals surface area contributed by atoms with Crippen LogP contribution in [-0.2, 0) is 20.0 Å². The van der Waals surface area contributed by atoms with E-state index in [1.165, 1.54) is 0 Å². The second kappa shape index (κ2) is 13.4. The van der Waals surface area contributed by atoms with Crippen LogP contribution in [0.2, 0.25) is 0 Å². The molecule has 2 aromatic carbocycles. The molecule has 4 heterocycles. The van der Waals surface area contributed by atoms with Crippen LogP contribution in [0, 0.1) is 0 Å². The summed E-state index contributed by atoms with van der Waals surface area (Å²) in [5.41, 5.74) is 0. The average Bonchev–Trinajstić information content (AvgIpc) is 3.07. The lowest BCUT2D eigenvalue weighted by molar-refractivity contribution is 0.383. The fourth-order valence-electron chi connectivity index (χ4n) is 4.88. The summed E-state index contributed by atoms with van der Waals surface area (Å²) in [7, 11) is -6.76. The molecule has 0 unspecified atom stereocenters. The lowest BCUT2D eigenvalue weighted by Gasteiger charge is -2.34. The predicted octanol–water partition coefficient (Wildman–Crippen LogP) is 3.19. The Kier molecular flexibility index (Phi) is 9.48. The lowest BCUT2D eigenvalue weighted by Crippen LogP contribution is -2.48. The van der Waals surface area contributed by atoms with Crippen LogP contribution in [0.5, 0.6) is 0 Å². The minimum Gasteiger partial charge on any atom is -0.354 e. The fourth-order valence-corrected chi connectivity index (χ4v) is 7.77. The molecule has 2 aliphatic rings. The molecule has 0 aliphatic carbocycles. The van der Waals surface area contributed by atoms with E-state index < -0.39 is 20.0 Å². The highest BCUT2D eigenvalue weighted by atomic mass is 32.2. The summed E-state index contributed by atoms with van der Waals surface area (Å²) in [6, 6.07) is 28.7. The molecule has 2 aromatic heterocycles. The lowest BCUT2D eigenvalue weighted by atomic mass is 10.3. The number of aromatic nitrogens is 2. The molecule has 0 amide bonds. The van der Waals surface area contributed by atoms with Gasteiger partial charge in [-0.2, -0.15) is 8.61 Å². The molecular formula is C30H34N6O4S2. The topological polar surface area (TPSA) is 107 Å². The van der Waals surface area contributed by atoms with E-state index in [9.17, 15) is 16.8 Å². The van der Waals surface area contributed by atoms with Gasteiger partial charge < -0.3 is 9.80 Å². The SMILES string of the molecule is O=S(=O)(c1ccccc1)N1CCN(c2ccccn2)CC1.O=S(=O)(c1ccccc1)N1CCN(c2ccccn2)CC1. The zero-order chi connectivity index (χ0) is 29.4. The third kappa shape index (κ3) is 6.96. The summed E-state index contributed by atoms with van der Waals surface area (Å²) < 4.78 is 53.2. The van der Waals surface area contributed by atoms with E-state index in [1.807, 2.05) is 48.5 Å². The molecule has 2 aliphatic heterocycles. The van der Waals surface area contributed by atoms with Crippen LogP contribution in [0.15, 0.2) is 119 Å². The van der Waals surface area contributed by atoms with E-state index in [2.05, 4.69) is 19.8 Å². The Morgan fingerprint density at radius 2 is 0.762 bits per heavy atom. The number of hydrogen-bond donors (Lipinski definition) is 0. The van der Waals surface area contributed by atoms with Crippen molar-refractivity contribution in [2.45, 2.75) is 9.79 Å². The molecule has 2 fully saturated rings. The number of sulfonamides is 2. The number of hydrogen-bond acceptors (Lipinski definition) is 8. The van der Waals surface area contributed by atoms with E-state index in [4.69, 9.17) is 0 Å². The zero-order valence-corrected chi connectivity index (χ0v) is 24.8. The third-order valence-electron chi connectivity index (χ3n) is 7.19. The number of piperazine rings is 2. The normalized spacial score (nSPS) is 16.9. The molecule has 220 valence electrons. The van der Waals surface area contributed by atoms with Crippen molar-refractivity contribution in [3.05, 3.63) is 109 Å². The van der Waals surface area contributed by atoms with Crippen molar-refractivity contribution >= 4 is 31.7 Å². The molecule has 0 bridgehead atoms. The van der Waals surface area contributed by atoms with Gasteiger partial charge in [0.1, 0.15) is 11.6 Å². The van der Waals surface area contributed by atoms with Gasteiger partial charge in [0, 0.05) is 64.8 Å². The molecule has 4 aromatic rings. The van der Waals surface area contributed by atoms with Gasteiger partial charge in [0.25, 0.3) is 0 Å². The smallest absolute Gasteiger partial charge is 0.243 e. The van der Waals surface area contributed by atoms with Gasteiger partial charge in [-0.05, 0) is 48.5 Å². The van der Waals surface area contributed by atoms with E-state index in [1.54, 1.807) is 69.5 Å². The highest BCUT2D eigenvalue weighted by Crippen LogP contribution is 2.21. The van der Waals surface area contributed by atoms with Gasteiger partial charge in [-0.1, -0.05) is 48.5 Å². The highest BCUT2D eigenvalue weighted by molar-refractivity contribution is 7.89. The number of benzene rings is 2. The fraction of sp³-hybridized carbons (Fsp3) is 0.267. The molecule has 0 N–H and O–H groups in total. The summed E-state index contributed by atoms with van der Waals surface area (Å²) >= 11 is 0. The second-order valence-electron chi connectivity index (χ2n) is 9.78. The Bertz CT molecular complexity index is 1490. The molecule has 0 atom stereocenters. The first-order valence-electron chi connectivity index (χ1n) is 13.8. The van der Waals surface area contributed by atoms with Gasteiger partial charge >= 0.3 is 0 Å². The summed E-state index contributed by atoms with van der Waals surface area (Å²) in [4.78, 5) is 13.5. The number of nitrogens with zero attached hydrogens (tertiary/aromatic N) is 6. The van der Waals surface area contributed by atoms with Gasteiger partial charge in [0.05, 0.1) is 9.79 Å². The van der Waals surface area contributed by atoms with Crippen LogP contribution < -0.4 is 9.80 Å². The van der Waals surface area contributed by atoms with E-state index in [0.717, 1.165) is 11.6 Å². The van der Waals surface area contributed by atoms with E-state index >= 15 is 0 Å². The van der Waals surface area contributed by atoms with Gasteiger partial charge in [-0.25, -0.2) is 26.8 Å². The number of pyridine rings is 2. The first-order valence-corrected chi connectivity index (χ1v) is 16.7. The summed E-state index contributed by atoms with van der Waals surface area (Å²) in [5.74, 6) is 1.79. The monoisotopic (exact) mass is 606 g/mol. The van der Waals surface area contributed by atoms with Crippen molar-refractivity contribution in [2.75, 3.05) is 62.2 Å². The van der Waals surface area contributed by atoms with Crippen LogP contribution in [0.1, 0.15) is 0 Å². The largest absolute Gasteiger partial charge is 0.354 e. The zero-order valence-electron chi connectivity index (χ0n) is 23.2. The van der Waals surface area contributed by atoms with Gasteiger partial charge in [-0.15, -0.1) is 0 Å². The van der Waals surface area contributed by atoms with Gasteiger partial charge in [-0.3, -0.25) is 0 Å². The van der Waals surface area contributed by atoms with Crippen LogP contribution in [-0.4, -0.2) is 87.8 Å². The third-order valence-corrected chi connectivity index (χ3v) is 11.0. The summed E-state index contributed by atoms with van der Waals surface area (Å²) in [5, 5.41) is 0. The average molecular weight is 607 g/mol. The molecule has 0 spiro atoms. The van der Waals surface area contributed by atoms with Crippen LogP contribution >= 0.6 is 0 Å². The maximum absolute atomic E-state index is 12.5. The standard InChI is InChI=1S/2C15H17N3O2S/c2*19-21(20,14-6-2-1-3-7-14)18-12-10-17(11-13-18)15-8-4-5-9-16-15/h2*1-9H,10-13H2. The second-order valence-corrected chi connectivity index (χ2v) is 13.7. The minimum atomic E-state index is -3.38. The van der Waals surface area contributed by atoms with Crippen molar-refractivity contribution in [2.24, 2.45) is 0 Å². The Labute approximate surface area is 248 Å². The molecule has 10 nitrogen and oxygen atoms in total. The van der Waals surface area contributed by atoms with Crippen LogP contribution in [0.3, 0.4) is 0 Å². The van der Waals surface area contributed by atoms with Crippen molar-refractivity contribution in [1.29, 1.82) is 0 Å². The summed E-state index contributed by atoms with van der Waals surface area (Å²) in [6.07, 6.45) is 3.50. The molecule has 2 saturated heterocycles. The Morgan fingerprint density at radius 3 is 1.07 bits per heavy atom. The van der Waals surface area contributed by atoms with Gasteiger partial charge in [0.15, 0.2) is 0 Å². The molecule has 12 heteroatoms. The van der Waals surface area contributed by atoms with Crippen molar-refractivity contribution in [3.8, 4) is 0 Å². The van der Waals surface area contributed by atoms with E-state index in [0.29, 0.717) is 62.1 Å². The number of rotatable bonds is 6.